The van der Waals surface area contributed by atoms with Gasteiger partial charge >= 0.3 is 5.97 Å². The summed E-state index contributed by atoms with van der Waals surface area (Å²) in [5.41, 5.74) is 0. The summed E-state index contributed by atoms with van der Waals surface area (Å²) in [7, 11) is 7.89. The maximum absolute atomic E-state index is 10.3. The first-order chi connectivity index (χ1) is 8.27. The van der Waals surface area contributed by atoms with Crippen LogP contribution in [0.3, 0.4) is 0 Å². The minimum absolute atomic E-state index is 0.285. The van der Waals surface area contributed by atoms with E-state index in [4.69, 9.17) is 10.5 Å². The van der Waals surface area contributed by atoms with Gasteiger partial charge in [-0.15, -0.1) is 0 Å². The Kier molecular flexibility index (Phi) is 7.59. The van der Waals surface area contributed by atoms with Crippen molar-refractivity contribution in [1.29, 1.82) is 5.41 Å². The standard InChI is InChI=1S/C13H27N3O2/c1-15(2)13(14)16(3,4)11-9-7-5-6-8-10-12(17)18/h14H,5-11H2,1-4H3/p+1. The SMILES string of the molecule is CN(C)C(=N)[N+](C)(C)CCCCCCCC(=O)O. The first-order valence-corrected chi connectivity index (χ1v) is 6.58. The third-order valence-electron chi connectivity index (χ3n) is 3.10. The van der Waals surface area contributed by atoms with Crippen molar-refractivity contribution in [3.8, 4) is 0 Å². The summed E-state index contributed by atoms with van der Waals surface area (Å²) in [4.78, 5) is 12.2. The molecule has 5 nitrogen and oxygen atoms in total. The molecule has 0 unspecified atom stereocenters. The molecule has 5 heteroatoms. The van der Waals surface area contributed by atoms with Gasteiger partial charge in [0.05, 0.1) is 20.6 Å². The number of carboxylic acids is 1. The highest BCUT2D eigenvalue weighted by Gasteiger charge is 2.23. The van der Waals surface area contributed by atoms with Crippen LogP contribution in [-0.4, -0.2) is 61.2 Å². The third kappa shape index (κ3) is 7.27. The predicted octanol–water partition coefficient (Wildman–Crippen LogP) is 1.98. The Bertz CT molecular complexity index is 275. The second kappa shape index (κ2) is 8.08. The monoisotopic (exact) mass is 258 g/mol. The topological polar surface area (TPSA) is 64.4 Å². The molecule has 0 bridgehead atoms. The number of guanidine groups is 1. The lowest BCUT2D eigenvalue weighted by Gasteiger charge is -2.32. The second-order valence-corrected chi connectivity index (χ2v) is 5.54. The van der Waals surface area contributed by atoms with E-state index in [1.165, 1.54) is 0 Å². The van der Waals surface area contributed by atoms with Crippen molar-refractivity contribution in [3.63, 3.8) is 0 Å². The van der Waals surface area contributed by atoms with Gasteiger partial charge < -0.3 is 10.0 Å². The molecule has 0 heterocycles. The smallest absolute Gasteiger partial charge is 0.303 e. The van der Waals surface area contributed by atoms with Crippen LogP contribution in [0.25, 0.3) is 0 Å². The first kappa shape index (κ1) is 16.9. The van der Waals surface area contributed by atoms with Gasteiger partial charge in [0.25, 0.3) is 5.96 Å². The average molecular weight is 258 g/mol. The van der Waals surface area contributed by atoms with Crippen molar-refractivity contribution in [2.24, 2.45) is 0 Å². The summed E-state index contributed by atoms with van der Waals surface area (Å²) in [6.07, 6.45) is 5.33. The van der Waals surface area contributed by atoms with Crippen LogP contribution in [0.2, 0.25) is 0 Å². The van der Waals surface area contributed by atoms with E-state index in [0.717, 1.165) is 38.6 Å². The molecule has 0 aliphatic carbocycles. The number of nitrogens with one attached hydrogen (secondary N) is 1. The number of aliphatic carboxylic acids is 1. The predicted molar refractivity (Wildman–Crippen MR) is 73.7 cm³/mol. The Morgan fingerprint density at radius 1 is 1.11 bits per heavy atom. The van der Waals surface area contributed by atoms with Gasteiger partial charge in [-0.3, -0.25) is 9.28 Å². The first-order valence-electron chi connectivity index (χ1n) is 6.58. The van der Waals surface area contributed by atoms with Crippen LogP contribution >= 0.6 is 0 Å². The van der Waals surface area contributed by atoms with Crippen molar-refractivity contribution in [2.45, 2.75) is 38.5 Å². The lowest BCUT2D eigenvalue weighted by molar-refractivity contribution is -0.806. The molecule has 0 fully saturated rings. The van der Waals surface area contributed by atoms with Gasteiger partial charge in [0.15, 0.2) is 0 Å². The number of hydrogen-bond donors (Lipinski definition) is 2. The van der Waals surface area contributed by atoms with E-state index in [-0.39, 0.29) is 6.42 Å². The highest BCUT2D eigenvalue weighted by atomic mass is 16.4. The fourth-order valence-corrected chi connectivity index (χ4v) is 1.96. The van der Waals surface area contributed by atoms with Crippen LogP contribution in [0.5, 0.6) is 0 Å². The zero-order valence-corrected chi connectivity index (χ0v) is 12.2. The van der Waals surface area contributed by atoms with E-state index < -0.39 is 5.97 Å². The largest absolute Gasteiger partial charge is 0.481 e. The number of carbonyl (C=O) groups is 1. The molecule has 0 aliphatic rings. The van der Waals surface area contributed by atoms with Crippen molar-refractivity contribution in [1.82, 2.24) is 4.90 Å². The van der Waals surface area contributed by atoms with Gasteiger partial charge in [-0.1, -0.05) is 12.8 Å². The fraction of sp³-hybridized carbons (Fsp3) is 0.846. The molecule has 0 radical (unpaired) electrons. The normalized spacial score (nSPS) is 11.3. The molecule has 106 valence electrons. The van der Waals surface area contributed by atoms with Gasteiger partial charge in [0.2, 0.25) is 0 Å². The summed E-state index contributed by atoms with van der Waals surface area (Å²) in [5, 5.41) is 16.5. The molecular formula is C13H28N3O2+. The van der Waals surface area contributed by atoms with Crippen LogP contribution in [0.4, 0.5) is 0 Å². The van der Waals surface area contributed by atoms with Crippen molar-refractivity contribution in [2.75, 3.05) is 34.7 Å². The third-order valence-corrected chi connectivity index (χ3v) is 3.10. The number of nitrogens with zero attached hydrogens (tertiary/aromatic N) is 2. The number of quaternary nitrogens is 1. The van der Waals surface area contributed by atoms with E-state index >= 15 is 0 Å². The molecule has 0 amide bonds. The Morgan fingerprint density at radius 2 is 1.61 bits per heavy atom. The second-order valence-electron chi connectivity index (χ2n) is 5.54. The van der Waals surface area contributed by atoms with Gasteiger partial charge in [0, 0.05) is 20.5 Å². The zero-order chi connectivity index (χ0) is 14.2. The summed E-state index contributed by atoms with van der Waals surface area (Å²) in [6, 6.07) is 0. The van der Waals surface area contributed by atoms with Crippen LogP contribution < -0.4 is 0 Å². The van der Waals surface area contributed by atoms with Gasteiger partial charge in [-0.05, 0) is 19.3 Å². The van der Waals surface area contributed by atoms with Crippen LogP contribution in [-0.2, 0) is 4.79 Å². The van der Waals surface area contributed by atoms with Crippen LogP contribution in [0.15, 0.2) is 0 Å². The number of unbranched alkanes of at least 4 members (excludes halogenated alkanes) is 4. The molecule has 18 heavy (non-hydrogen) atoms. The van der Waals surface area contributed by atoms with Crippen molar-refractivity contribution >= 4 is 11.9 Å². The molecule has 0 atom stereocenters. The summed E-state index contributed by atoms with van der Waals surface area (Å²) in [5.74, 6) is -0.0897. The molecule has 0 rings (SSSR count). The zero-order valence-electron chi connectivity index (χ0n) is 12.2. The van der Waals surface area contributed by atoms with E-state index in [1.807, 2.05) is 33.1 Å². The number of carboxylic acid groups (broad SMARTS) is 1. The Morgan fingerprint density at radius 3 is 2.11 bits per heavy atom. The quantitative estimate of drug-likeness (QED) is 0.303. The lowest BCUT2D eigenvalue weighted by atomic mass is 10.1. The van der Waals surface area contributed by atoms with Crippen LogP contribution in [0.1, 0.15) is 38.5 Å². The lowest BCUT2D eigenvalue weighted by Crippen LogP contribution is -2.51. The molecule has 0 aromatic rings. The van der Waals surface area contributed by atoms with Crippen LogP contribution in [0, 0.1) is 5.41 Å². The highest BCUT2D eigenvalue weighted by Crippen LogP contribution is 2.09. The molecule has 0 aromatic heterocycles. The molecular weight excluding hydrogens is 230 g/mol. The minimum atomic E-state index is -0.702. The van der Waals surface area contributed by atoms with Gasteiger partial charge in [0.1, 0.15) is 0 Å². The Hall–Kier alpha value is -1.10. The summed E-state index contributed by atoms with van der Waals surface area (Å²) < 4.78 is 0.599. The van der Waals surface area contributed by atoms with E-state index in [1.54, 1.807) is 0 Å². The molecule has 0 aromatic carbocycles. The molecule has 0 saturated carbocycles. The number of hydrogen-bond acceptors (Lipinski definition) is 2. The number of rotatable bonds is 8. The van der Waals surface area contributed by atoms with Crippen molar-refractivity contribution in [3.05, 3.63) is 0 Å². The van der Waals surface area contributed by atoms with Gasteiger partial charge in [-0.2, -0.15) is 0 Å². The average Bonchev–Trinajstić information content (AvgIpc) is 2.26. The molecule has 2 N–H and O–H groups in total. The van der Waals surface area contributed by atoms with Gasteiger partial charge in [-0.25, -0.2) is 5.41 Å². The Balaban J connectivity index is 3.65. The maximum Gasteiger partial charge on any atom is 0.303 e. The molecule has 0 aliphatic heterocycles. The van der Waals surface area contributed by atoms with E-state index in [2.05, 4.69) is 0 Å². The van der Waals surface area contributed by atoms with E-state index in [9.17, 15) is 4.79 Å². The van der Waals surface area contributed by atoms with Crippen molar-refractivity contribution < 1.29 is 14.4 Å². The molecule has 0 spiro atoms. The fourth-order valence-electron chi connectivity index (χ4n) is 1.96. The summed E-state index contributed by atoms with van der Waals surface area (Å²) in [6.45, 7) is 0.954. The Labute approximate surface area is 110 Å². The minimum Gasteiger partial charge on any atom is -0.481 e. The highest BCUT2D eigenvalue weighted by molar-refractivity contribution is 5.68. The maximum atomic E-state index is 10.3. The summed E-state index contributed by atoms with van der Waals surface area (Å²) >= 11 is 0. The molecule has 0 saturated heterocycles. The van der Waals surface area contributed by atoms with E-state index in [0.29, 0.717) is 10.4 Å².